The highest BCUT2D eigenvalue weighted by molar-refractivity contribution is 6.26. The average molecular weight is 1280 g/mol. The summed E-state index contributed by atoms with van der Waals surface area (Å²) in [6.07, 6.45) is -1.65. The zero-order valence-corrected chi connectivity index (χ0v) is 54.8. The maximum atomic E-state index is 15.6. The van der Waals surface area contributed by atoms with Gasteiger partial charge in [-0.2, -0.15) is 0 Å². The fourth-order valence-corrected chi connectivity index (χ4v) is 16.8. The molecular weight excluding hydrogens is 1180 g/mol. The highest BCUT2D eigenvalue weighted by Crippen LogP contribution is 2.61. The van der Waals surface area contributed by atoms with Crippen LogP contribution in [0.1, 0.15) is 147 Å². The Morgan fingerprint density at radius 1 is 0.703 bits per heavy atom. The quantitative estimate of drug-likeness (QED) is 0.0402. The molecule has 24 heteroatoms. The zero-order valence-electron chi connectivity index (χ0n) is 54.8. The molecule has 91 heavy (non-hydrogen) atoms. The lowest BCUT2D eigenvalue weighted by Crippen LogP contribution is -2.66. The number of aliphatic hydroxyl groups excluding tert-OH is 4. The van der Waals surface area contributed by atoms with Crippen LogP contribution in [-0.4, -0.2) is 192 Å². The molecular formula is C67H98N2O22. The molecule has 7 N–H and O–H groups in total. The standard InChI is InChI=1S/C67H98N2O22/c1-30-14-18-47(86-54-28-65(11,68)60(38(9)84-54)69-64(78)79-13)31(2)23-43-45(73)24-40(29-70)27-67(43)62(76)55(63(77)91-67)61(75)66(12)42(30)16-15-41-56(66)32(3)22-33(4)57(41)90-53-26-49(59(37(8)83-53)85-39(10)71)88-50-21-19-48(35(6)81-50)87-52-25-46(74)58(36(7)82-52)89-51-20-17-44(72)34(5)80-51/h14-16,23-24,29,32-38,41-54,56-60,72-75H,17-22,25-28,68H2,1-13H3,(H,69,78). The van der Waals surface area contributed by atoms with Crippen LogP contribution in [0, 0.1) is 40.9 Å². The number of methoxy groups -OCH3 is 1. The van der Waals surface area contributed by atoms with Crippen LogP contribution in [-0.2, 0) is 80.8 Å². The van der Waals surface area contributed by atoms with Gasteiger partial charge in [0.25, 0.3) is 0 Å². The number of aldehydes is 1. The highest BCUT2D eigenvalue weighted by Gasteiger charge is 2.65. The number of carbonyl (C=O) groups is 5. The summed E-state index contributed by atoms with van der Waals surface area (Å²) in [5.41, 5.74) is 3.19. The van der Waals surface area contributed by atoms with Crippen molar-refractivity contribution < 1.29 is 106 Å². The van der Waals surface area contributed by atoms with Crippen molar-refractivity contribution >= 4 is 30.1 Å². The Labute approximate surface area is 533 Å². The number of nitrogens with one attached hydrogen (secondary N) is 1. The van der Waals surface area contributed by atoms with Crippen molar-refractivity contribution in [3.8, 4) is 0 Å². The van der Waals surface area contributed by atoms with Gasteiger partial charge >= 0.3 is 18.0 Å². The van der Waals surface area contributed by atoms with Gasteiger partial charge in [-0.25, -0.2) is 9.59 Å². The number of rotatable bonds is 13. The van der Waals surface area contributed by atoms with Crippen molar-refractivity contribution in [2.75, 3.05) is 7.11 Å². The van der Waals surface area contributed by atoms with Gasteiger partial charge in [0.2, 0.25) is 5.78 Å². The number of esters is 2. The monoisotopic (exact) mass is 1280 g/mol. The van der Waals surface area contributed by atoms with Crippen molar-refractivity contribution in [2.24, 2.45) is 46.7 Å². The van der Waals surface area contributed by atoms with E-state index in [1.54, 1.807) is 40.7 Å². The van der Waals surface area contributed by atoms with Gasteiger partial charge in [-0.15, -0.1) is 0 Å². The normalized spacial score (nSPS) is 47.1. The molecule has 6 aliphatic heterocycles. The molecule has 1 spiro atoms. The minimum atomic E-state index is -2.13. The summed E-state index contributed by atoms with van der Waals surface area (Å²) in [5, 5.41) is 49.3. The van der Waals surface area contributed by atoms with Crippen LogP contribution < -0.4 is 11.1 Å². The van der Waals surface area contributed by atoms with Crippen molar-refractivity contribution in [1.29, 1.82) is 0 Å². The number of aliphatic hydroxyl groups is 4. The molecule has 7 fully saturated rings. The lowest BCUT2D eigenvalue weighted by Gasteiger charge is -2.56. The Balaban J connectivity index is 0.896. The summed E-state index contributed by atoms with van der Waals surface area (Å²) in [7, 11) is 1.26. The molecule has 1 amide bonds. The molecule has 0 aromatic rings. The molecule has 0 aromatic carbocycles. The Morgan fingerprint density at radius 2 is 1.34 bits per heavy atom. The number of nitrogens with two attached hydrogens (primary N) is 1. The maximum Gasteiger partial charge on any atom is 0.407 e. The van der Waals surface area contributed by atoms with Gasteiger partial charge in [0.05, 0.1) is 86.2 Å². The van der Waals surface area contributed by atoms with E-state index in [9.17, 15) is 39.6 Å². The van der Waals surface area contributed by atoms with Gasteiger partial charge in [0.1, 0.15) is 29.8 Å². The van der Waals surface area contributed by atoms with Crippen LogP contribution >= 0.6 is 0 Å². The number of hydrogen-bond acceptors (Lipinski definition) is 23. The molecule has 29 atom stereocenters. The summed E-state index contributed by atoms with van der Waals surface area (Å²) in [5.74, 6) is -5.95. The van der Waals surface area contributed by atoms with E-state index in [4.69, 9.17) is 67.3 Å². The second-order valence-electron chi connectivity index (χ2n) is 28.1. The summed E-state index contributed by atoms with van der Waals surface area (Å²) in [6.45, 7) is 22.0. The van der Waals surface area contributed by atoms with E-state index in [-0.39, 0.29) is 49.5 Å². The number of fused-ring (bicyclic) bond motifs is 4. The Bertz CT molecular complexity index is 2840. The number of amides is 1. The molecule has 10 aliphatic rings. The minimum Gasteiger partial charge on any atom is -0.511 e. The lowest BCUT2D eigenvalue weighted by molar-refractivity contribution is -0.331. The van der Waals surface area contributed by atoms with E-state index in [1.165, 1.54) is 20.1 Å². The SMILES string of the molecule is COC(=O)NC1C(C)OC(OC2CC=C(C)C3C=CC4C(OC5CC(OC6CCC(OC7CC(O)C(OC8CCC(O)C(C)O8)C(C)O7)C(C)O6)C(OC(C)=O)C(C)O5)C(C)CC(C)C4C3(C)C(O)=C3C(=O)OC4(CC(C=O)=CC(O)C4C=C2C)C3=O)CC1(C)N. The predicted molar refractivity (Wildman–Crippen MR) is 322 cm³/mol. The second kappa shape index (κ2) is 27.7. The van der Waals surface area contributed by atoms with Gasteiger partial charge in [0.15, 0.2) is 43.2 Å². The number of allylic oxidation sites excluding steroid dienone is 3. The number of Topliss-reactive ketones (excluding diaryl/α,β-unsaturated/α-hetero) is 1. The molecule has 6 heterocycles. The third-order valence-corrected chi connectivity index (χ3v) is 21.4. The minimum absolute atomic E-state index is 0.0473. The number of carbonyl (C=O) groups excluding carboxylic acids is 5. The Kier molecular flexibility index (Phi) is 21.1. The third kappa shape index (κ3) is 14.0. The van der Waals surface area contributed by atoms with Crippen molar-refractivity contribution in [3.05, 3.63) is 58.4 Å². The summed E-state index contributed by atoms with van der Waals surface area (Å²) >= 11 is 0. The molecule has 4 aliphatic carbocycles. The van der Waals surface area contributed by atoms with Crippen molar-refractivity contribution in [3.63, 3.8) is 0 Å². The Morgan fingerprint density at radius 3 is 2.00 bits per heavy atom. The van der Waals surface area contributed by atoms with Gasteiger partial charge in [0, 0.05) is 68.2 Å². The summed E-state index contributed by atoms with van der Waals surface area (Å²) < 4.78 is 82.0. The van der Waals surface area contributed by atoms with E-state index < -0.39 is 198 Å². The molecule has 1 saturated carbocycles. The van der Waals surface area contributed by atoms with Crippen LogP contribution in [0.25, 0.3) is 0 Å². The van der Waals surface area contributed by atoms with Crippen molar-refractivity contribution in [2.45, 2.75) is 281 Å². The second-order valence-corrected chi connectivity index (χ2v) is 28.1. The summed E-state index contributed by atoms with van der Waals surface area (Å²) in [4.78, 5) is 67.9. The topological polar surface area (TPSA) is 324 Å². The van der Waals surface area contributed by atoms with E-state index in [2.05, 4.69) is 25.2 Å². The average Bonchev–Trinajstić information content (AvgIpc) is 1.66. The maximum absolute atomic E-state index is 15.6. The van der Waals surface area contributed by atoms with E-state index in [0.29, 0.717) is 44.0 Å². The lowest BCUT2D eigenvalue weighted by atomic mass is 9.49. The smallest absolute Gasteiger partial charge is 0.407 e. The van der Waals surface area contributed by atoms with Crippen LogP contribution in [0.5, 0.6) is 0 Å². The third-order valence-electron chi connectivity index (χ3n) is 21.4. The molecule has 6 saturated heterocycles. The van der Waals surface area contributed by atoms with Crippen LogP contribution in [0.3, 0.4) is 0 Å². The first-order valence-corrected chi connectivity index (χ1v) is 32.8. The fraction of sp³-hybridized carbons (Fsp3) is 0.776. The van der Waals surface area contributed by atoms with E-state index >= 15 is 4.79 Å². The van der Waals surface area contributed by atoms with E-state index in [0.717, 1.165) is 5.57 Å². The number of ketones is 1. The van der Waals surface area contributed by atoms with Gasteiger partial charge in [-0.1, -0.05) is 50.6 Å². The van der Waals surface area contributed by atoms with E-state index in [1.807, 2.05) is 39.8 Å². The van der Waals surface area contributed by atoms with Gasteiger partial charge in [-0.3, -0.25) is 14.4 Å². The first-order valence-electron chi connectivity index (χ1n) is 32.8. The van der Waals surface area contributed by atoms with Gasteiger partial charge < -0.3 is 93.1 Å². The van der Waals surface area contributed by atoms with Gasteiger partial charge in [-0.05, 0) is 116 Å². The Hall–Kier alpha value is -4.51. The molecule has 508 valence electrons. The number of ether oxygens (including phenoxy) is 13. The molecule has 29 unspecified atom stereocenters. The molecule has 2 bridgehead atoms. The zero-order chi connectivity index (χ0) is 65.9. The predicted octanol–water partition coefficient (Wildman–Crippen LogP) is 6.04. The van der Waals surface area contributed by atoms with Crippen LogP contribution in [0.4, 0.5) is 4.79 Å². The number of hydrogen-bond donors (Lipinski definition) is 6. The fourth-order valence-electron chi connectivity index (χ4n) is 16.8. The molecule has 10 rings (SSSR count). The van der Waals surface area contributed by atoms with Crippen LogP contribution in [0.2, 0.25) is 0 Å². The first kappa shape index (κ1) is 69.3. The highest BCUT2D eigenvalue weighted by atomic mass is 16.8. The van der Waals surface area contributed by atoms with Crippen LogP contribution in [0.15, 0.2) is 58.4 Å². The summed E-state index contributed by atoms with van der Waals surface area (Å²) in [6, 6.07) is -0.638. The largest absolute Gasteiger partial charge is 0.511 e. The molecule has 0 radical (unpaired) electrons. The first-order chi connectivity index (χ1) is 43.0. The van der Waals surface area contributed by atoms with Crippen molar-refractivity contribution in [1.82, 2.24) is 5.32 Å². The molecule has 0 aromatic heterocycles. The molecule has 24 nitrogen and oxygen atoms in total. The number of alkyl carbamates (subject to hydrolysis) is 1.